The summed E-state index contributed by atoms with van der Waals surface area (Å²) < 4.78 is 57.8. The minimum atomic E-state index is -2.79. The second kappa shape index (κ2) is 6.85. The van der Waals surface area contributed by atoms with Crippen LogP contribution in [0.5, 0.6) is 0 Å². The summed E-state index contributed by atoms with van der Waals surface area (Å²) in [4.78, 5) is 26.1. The minimum Gasteiger partial charge on any atom is -0.477 e. The molecule has 2 heterocycles. The number of pyridine rings is 1. The second-order valence-corrected chi connectivity index (χ2v) is 9.70. The molecule has 3 atom stereocenters. The fourth-order valence-electron chi connectivity index (χ4n) is 5.64. The van der Waals surface area contributed by atoms with E-state index in [4.69, 9.17) is 11.5 Å². The number of aryl methyl sites for hydroxylation is 1. The van der Waals surface area contributed by atoms with Crippen LogP contribution >= 0.6 is 0 Å². The van der Waals surface area contributed by atoms with Crippen LogP contribution in [0.3, 0.4) is 0 Å². The van der Waals surface area contributed by atoms with Crippen molar-refractivity contribution >= 4 is 28.2 Å². The number of nitrogens with two attached hydrogens (primary N) is 2. The zero-order valence-electron chi connectivity index (χ0n) is 17.9. The van der Waals surface area contributed by atoms with E-state index < -0.39 is 65.0 Å². The average Bonchev–Trinajstić information content (AvgIpc) is 3.21. The first-order valence-corrected chi connectivity index (χ1v) is 10.8. The average molecular weight is 468 g/mol. The van der Waals surface area contributed by atoms with E-state index in [2.05, 4.69) is 0 Å². The van der Waals surface area contributed by atoms with E-state index in [1.54, 1.807) is 11.8 Å². The van der Waals surface area contributed by atoms with Gasteiger partial charge in [-0.3, -0.25) is 4.79 Å². The van der Waals surface area contributed by atoms with Crippen LogP contribution in [0.2, 0.25) is 0 Å². The minimum absolute atomic E-state index is 0.101. The molecule has 2 aromatic rings. The highest BCUT2D eigenvalue weighted by atomic mass is 19.3. The lowest BCUT2D eigenvalue weighted by Gasteiger charge is -2.48. The lowest BCUT2D eigenvalue weighted by atomic mass is 9.66. The molecule has 0 amide bonds. The number of fused-ring (bicyclic) bond motifs is 1. The molecular weight excluding hydrogens is 444 g/mol. The molecule has 11 heteroatoms. The largest absolute Gasteiger partial charge is 0.477 e. The molecular formula is C22H24F4N4O3. The number of nitrogens with zero attached hydrogens (tertiary/aromatic N) is 2. The predicted molar refractivity (Wildman–Crippen MR) is 114 cm³/mol. The third kappa shape index (κ3) is 3.19. The van der Waals surface area contributed by atoms with Crippen molar-refractivity contribution in [2.45, 2.75) is 56.3 Å². The summed E-state index contributed by atoms with van der Waals surface area (Å²) in [6, 6.07) is -0.682. The van der Waals surface area contributed by atoms with Gasteiger partial charge in [-0.1, -0.05) is 0 Å². The van der Waals surface area contributed by atoms with Crippen molar-refractivity contribution in [2.75, 3.05) is 23.7 Å². The highest BCUT2D eigenvalue weighted by Crippen LogP contribution is 2.51. The number of aromatic nitrogens is 1. The third-order valence-corrected chi connectivity index (χ3v) is 7.42. The molecule has 5 N–H and O–H groups in total. The number of carbonyl (C=O) groups is 1. The maximum absolute atomic E-state index is 15.5. The van der Waals surface area contributed by atoms with Gasteiger partial charge < -0.3 is 26.0 Å². The maximum Gasteiger partial charge on any atom is 0.341 e. The van der Waals surface area contributed by atoms with Crippen LogP contribution in [0.25, 0.3) is 10.9 Å². The van der Waals surface area contributed by atoms with Gasteiger partial charge in [0.2, 0.25) is 5.43 Å². The molecule has 3 aliphatic rings. The Hall–Kier alpha value is -2.82. The van der Waals surface area contributed by atoms with Crippen LogP contribution in [-0.4, -0.2) is 46.4 Å². The molecule has 2 saturated carbocycles. The molecule has 1 unspecified atom stereocenters. The van der Waals surface area contributed by atoms with E-state index in [1.165, 1.54) is 4.57 Å². The normalized spacial score (nSPS) is 27.6. The number of hydrogen-bond donors (Lipinski definition) is 3. The van der Waals surface area contributed by atoms with E-state index in [1.807, 2.05) is 0 Å². The molecule has 1 aliphatic heterocycles. The number of alkyl halides is 3. The fourth-order valence-corrected chi connectivity index (χ4v) is 5.64. The zero-order valence-corrected chi connectivity index (χ0v) is 17.9. The number of aromatic carboxylic acids is 1. The van der Waals surface area contributed by atoms with Crippen LogP contribution in [0, 0.1) is 18.7 Å². The van der Waals surface area contributed by atoms with Gasteiger partial charge in [-0.25, -0.2) is 22.4 Å². The van der Waals surface area contributed by atoms with Gasteiger partial charge in [0.1, 0.15) is 11.7 Å². The van der Waals surface area contributed by atoms with Gasteiger partial charge in [0.05, 0.1) is 28.3 Å². The molecule has 0 bridgehead atoms. The highest BCUT2D eigenvalue weighted by molar-refractivity contribution is 6.01. The molecule has 0 radical (unpaired) electrons. The first-order valence-electron chi connectivity index (χ1n) is 10.8. The predicted octanol–water partition coefficient (Wildman–Crippen LogP) is 2.97. The third-order valence-electron chi connectivity index (χ3n) is 7.42. The summed E-state index contributed by atoms with van der Waals surface area (Å²) in [5, 5.41) is 9.14. The van der Waals surface area contributed by atoms with Crippen molar-refractivity contribution in [3.05, 3.63) is 33.4 Å². The first kappa shape index (κ1) is 22.0. The van der Waals surface area contributed by atoms with E-state index in [0.717, 1.165) is 6.20 Å². The van der Waals surface area contributed by atoms with Crippen molar-refractivity contribution in [3.8, 4) is 0 Å². The van der Waals surface area contributed by atoms with E-state index in [-0.39, 0.29) is 35.5 Å². The molecule has 1 aromatic heterocycles. The number of nitrogen functional groups attached to an aromatic ring is 1. The Labute approximate surface area is 185 Å². The number of hydrogen-bond acceptors (Lipinski definition) is 5. The Morgan fingerprint density at radius 1 is 1.30 bits per heavy atom. The molecule has 3 fully saturated rings. The standard InChI is InChI=1S/C22H24F4N4O3/c1-9-17-14(19(31)11(20(32)33)6-30(17)13-4-12(13)23)16(27)15(24)18(9)29-3-2-10(5-29)21(28)7-22(25,26)8-21/h6,10,12-13H,2-5,7-8,27-28H2,1H3,(H,32,33)/t10?,12-,13-/m1/s1. The second-order valence-electron chi connectivity index (χ2n) is 9.70. The maximum atomic E-state index is 15.5. The summed E-state index contributed by atoms with van der Waals surface area (Å²) in [7, 11) is 0. The Morgan fingerprint density at radius 3 is 2.48 bits per heavy atom. The topological polar surface area (TPSA) is 115 Å². The van der Waals surface area contributed by atoms with Crippen molar-refractivity contribution < 1.29 is 27.5 Å². The summed E-state index contributed by atoms with van der Waals surface area (Å²) >= 11 is 0. The van der Waals surface area contributed by atoms with Gasteiger partial charge >= 0.3 is 5.97 Å². The van der Waals surface area contributed by atoms with Crippen LogP contribution in [0.4, 0.5) is 28.9 Å². The monoisotopic (exact) mass is 468 g/mol. The van der Waals surface area contributed by atoms with Crippen LogP contribution in [-0.2, 0) is 0 Å². The van der Waals surface area contributed by atoms with E-state index in [9.17, 15) is 27.9 Å². The Kier molecular flexibility index (Phi) is 4.56. The lowest BCUT2D eigenvalue weighted by Crippen LogP contribution is -2.63. The summed E-state index contributed by atoms with van der Waals surface area (Å²) in [6.07, 6.45) is -0.348. The molecule has 178 valence electrons. The SMILES string of the molecule is Cc1c(N2CCC(C3(N)CC(F)(F)C3)C2)c(F)c(N)c2c(=O)c(C(=O)O)cn([C@@H]3C[C@H]3F)c12. The number of carboxylic acids is 1. The Balaban J connectivity index is 1.64. The van der Waals surface area contributed by atoms with Crippen LogP contribution in [0.15, 0.2) is 11.0 Å². The smallest absolute Gasteiger partial charge is 0.341 e. The molecule has 2 aliphatic carbocycles. The zero-order chi connectivity index (χ0) is 24.0. The van der Waals surface area contributed by atoms with Gasteiger partial charge in [-0.2, -0.15) is 0 Å². The number of carboxylic acid groups (broad SMARTS) is 1. The van der Waals surface area contributed by atoms with Gasteiger partial charge in [-0.15, -0.1) is 0 Å². The van der Waals surface area contributed by atoms with Crippen molar-refractivity contribution in [1.82, 2.24) is 4.57 Å². The van der Waals surface area contributed by atoms with E-state index in [0.29, 0.717) is 18.5 Å². The highest BCUT2D eigenvalue weighted by Gasteiger charge is 2.58. The van der Waals surface area contributed by atoms with Crippen LogP contribution in [0.1, 0.15) is 47.6 Å². The van der Waals surface area contributed by atoms with Crippen LogP contribution < -0.4 is 21.8 Å². The Morgan fingerprint density at radius 2 is 1.94 bits per heavy atom. The van der Waals surface area contributed by atoms with Gasteiger partial charge in [0.15, 0.2) is 5.82 Å². The van der Waals surface area contributed by atoms with Gasteiger partial charge in [0, 0.05) is 44.1 Å². The van der Waals surface area contributed by atoms with Crippen molar-refractivity contribution in [1.29, 1.82) is 0 Å². The Bertz CT molecular complexity index is 1250. The number of halogens is 4. The quantitative estimate of drug-likeness (QED) is 0.470. The summed E-state index contributed by atoms with van der Waals surface area (Å²) in [6.45, 7) is 2.15. The molecule has 33 heavy (non-hydrogen) atoms. The molecule has 5 rings (SSSR count). The molecule has 7 nitrogen and oxygen atoms in total. The van der Waals surface area contributed by atoms with Crippen molar-refractivity contribution in [2.24, 2.45) is 11.7 Å². The number of anilines is 2. The summed E-state index contributed by atoms with van der Waals surface area (Å²) in [5.41, 5.74) is 9.73. The molecule has 1 saturated heterocycles. The van der Waals surface area contributed by atoms with E-state index >= 15 is 4.39 Å². The number of rotatable bonds is 4. The van der Waals surface area contributed by atoms with Gasteiger partial charge in [-0.05, 0) is 24.8 Å². The lowest BCUT2D eigenvalue weighted by molar-refractivity contribution is -0.136. The first-order chi connectivity index (χ1) is 15.3. The fraction of sp³-hybridized carbons (Fsp3) is 0.545. The van der Waals surface area contributed by atoms with Gasteiger partial charge in [0.25, 0.3) is 5.92 Å². The number of benzene rings is 1. The molecule has 1 aromatic carbocycles. The van der Waals surface area contributed by atoms with Crippen molar-refractivity contribution in [3.63, 3.8) is 0 Å². The molecule has 0 spiro atoms. The summed E-state index contributed by atoms with van der Waals surface area (Å²) in [5.74, 6) is -5.46.